The summed E-state index contributed by atoms with van der Waals surface area (Å²) in [7, 11) is -3.34. The van der Waals surface area contributed by atoms with Crippen LogP contribution < -0.4 is 10.5 Å². The highest BCUT2D eigenvalue weighted by Crippen LogP contribution is 2.31. The van der Waals surface area contributed by atoms with Crippen molar-refractivity contribution < 1.29 is 8.42 Å². The summed E-state index contributed by atoms with van der Waals surface area (Å²) in [6.07, 6.45) is 5.81. The van der Waals surface area contributed by atoms with E-state index in [-0.39, 0.29) is 5.75 Å². The van der Waals surface area contributed by atoms with Crippen molar-refractivity contribution in [2.45, 2.75) is 44.6 Å². The number of nitrogens with two attached hydrogens (primary N) is 1. The quantitative estimate of drug-likeness (QED) is 0.833. The third kappa shape index (κ3) is 4.76. The van der Waals surface area contributed by atoms with E-state index < -0.39 is 15.6 Å². The second-order valence-electron chi connectivity index (χ2n) is 6.16. The van der Waals surface area contributed by atoms with Crippen molar-refractivity contribution in [1.29, 1.82) is 0 Å². The van der Waals surface area contributed by atoms with E-state index in [2.05, 4.69) is 16.6 Å². The molecule has 1 heterocycles. The maximum Gasteiger partial charge on any atom is 0.212 e. The molecule has 2 rings (SSSR count). The third-order valence-electron chi connectivity index (χ3n) is 4.35. The van der Waals surface area contributed by atoms with Gasteiger partial charge < -0.3 is 5.73 Å². The van der Waals surface area contributed by atoms with Gasteiger partial charge in [0.1, 0.15) is 0 Å². The SMILES string of the molecule is CC1CCC(CN)(NS(=O)(=O)CCc2ccccn2)CC1. The molecule has 3 N–H and O–H groups in total. The van der Waals surface area contributed by atoms with Crippen LogP contribution >= 0.6 is 0 Å². The number of aryl methyl sites for hydroxylation is 1. The highest BCUT2D eigenvalue weighted by Gasteiger charge is 2.36. The fraction of sp³-hybridized carbons (Fsp3) is 0.667. The van der Waals surface area contributed by atoms with Crippen LogP contribution in [0.15, 0.2) is 24.4 Å². The summed E-state index contributed by atoms with van der Waals surface area (Å²) in [6.45, 7) is 2.57. The van der Waals surface area contributed by atoms with Crippen LogP contribution in [0, 0.1) is 5.92 Å². The highest BCUT2D eigenvalue weighted by molar-refractivity contribution is 7.89. The monoisotopic (exact) mass is 311 g/mol. The summed E-state index contributed by atoms with van der Waals surface area (Å²) in [4.78, 5) is 4.16. The average Bonchev–Trinajstić information content (AvgIpc) is 2.49. The molecule has 1 aromatic rings. The van der Waals surface area contributed by atoms with Crippen LogP contribution in [0.1, 0.15) is 38.3 Å². The van der Waals surface area contributed by atoms with Crippen molar-refractivity contribution in [1.82, 2.24) is 9.71 Å². The van der Waals surface area contributed by atoms with Crippen LogP contribution in [-0.2, 0) is 16.4 Å². The first-order chi connectivity index (χ1) is 9.95. The number of rotatable bonds is 6. The van der Waals surface area contributed by atoms with Crippen molar-refractivity contribution in [2.24, 2.45) is 11.7 Å². The van der Waals surface area contributed by atoms with Gasteiger partial charge in [-0.25, -0.2) is 13.1 Å². The summed E-state index contributed by atoms with van der Waals surface area (Å²) in [5, 5.41) is 0. The number of hydrogen-bond acceptors (Lipinski definition) is 4. The Labute approximate surface area is 127 Å². The molecule has 1 aromatic heterocycles. The van der Waals surface area contributed by atoms with Crippen LogP contribution in [-0.4, -0.2) is 31.2 Å². The Morgan fingerprint density at radius 2 is 2.10 bits per heavy atom. The van der Waals surface area contributed by atoms with Gasteiger partial charge in [-0.05, 0) is 43.7 Å². The number of hydrogen-bond donors (Lipinski definition) is 2. The number of nitrogens with zero attached hydrogens (tertiary/aromatic N) is 1. The maximum absolute atomic E-state index is 12.3. The topological polar surface area (TPSA) is 85.1 Å². The van der Waals surface area contributed by atoms with Crippen LogP contribution in [0.3, 0.4) is 0 Å². The minimum absolute atomic E-state index is 0.0569. The van der Waals surface area contributed by atoms with Gasteiger partial charge in [0.05, 0.1) is 5.75 Å². The average molecular weight is 311 g/mol. The molecule has 21 heavy (non-hydrogen) atoms. The molecule has 1 aliphatic rings. The van der Waals surface area contributed by atoms with Crippen molar-refractivity contribution in [3.8, 4) is 0 Å². The summed E-state index contributed by atoms with van der Waals surface area (Å²) in [6, 6.07) is 5.53. The van der Waals surface area contributed by atoms with E-state index in [9.17, 15) is 8.42 Å². The predicted octanol–water partition coefficient (Wildman–Crippen LogP) is 1.45. The molecule has 0 spiro atoms. The van der Waals surface area contributed by atoms with Gasteiger partial charge in [0.2, 0.25) is 10.0 Å². The van der Waals surface area contributed by atoms with Crippen molar-refractivity contribution >= 4 is 10.0 Å². The number of pyridine rings is 1. The zero-order valence-corrected chi connectivity index (χ0v) is 13.4. The van der Waals surface area contributed by atoms with Crippen LogP contribution in [0.5, 0.6) is 0 Å². The van der Waals surface area contributed by atoms with E-state index in [1.54, 1.807) is 6.20 Å². The number of aromatic nitrogens is 1. The normalized spacial score (nSPS) is 26.7. The number of sulfonamides is 1. The largest absolute Gasteiger partial charge is 0.329 e. The molecule has 118 valence electrons. The van der Waals surface area contributed by atoms with Gasteiger partial charge in [0.15, 0.2) is 0 Å². The molecular weight excluding hydrogens is 286 g/mol. The smallest absolute Gasteiger partial charge is 0.212 e. The molecule has 0 atom stereocenters. The van der Waals surface area contributed by atoms with Gasteiger partial charge in [-0.3, -0.25) is 4.98 Å². The molecule has 6 heteroatoms. The van der Waals surface area contributed by atoms with Gasteiger partial charge >= 0.3 is 0 Å². The Kier molecular flexibility index (Phi) is 5.35. The zero-order valence-electron chi connectivity index (χ0n) is 12.6. The second-order valence-corrected chi connectivity index (χ2v) is 8.00. The predicted molar refractivity (Wildman–Crippen MR) is 84.3 cm³/mol. The van der Waals surface area contributed by atoms with Gasteiger partial charge in [-0.1, -0.05) is 13.0 Å². The lowest BCUT2D eigenvalue weighted by Gasteiger charge is -2.38. The molecule has 0 saturated heterocycles. The number of nitrogens with one attached hydrogen (secondary N) is 1. The molecular formula is C15H25N3O2S. The minimum Gasteiger partial charge on any atom is -0.329 e. The lowest BCUT2D eigenvalue weighted by atomic mass is 9.78. The van der Waals surface area contributed by atoms with E-state index >= 15 is 0 Å². The van der Waals surface area contributed by atoms with Gasteiger partial charge in [-0.2, -0.15) is 0 Å². The lowest BCUT2D eigenvalue weighted by molar-refractivity contribution is 0.231. The van der Waals surface area contributed by atoms with E-state index in [0.29, 0.717) is 18.9 Å². The first kappa shape index (κ1) is 16.4. The molecule has 1 fully saturated rings. The summed E-state index contributed by atoms with van der Waals surface area (Å²) < 4.78 is 27.5. The molecule has 0 radical (unpaired) electrons. The molecule has 1 aliphatic carbocycles. The van der Waals surface area contributed by atoms with E-state index in [1.807, 2.05) is 18.2 Å². The first-order valence-electron chi connectivity index (χ1n) is 7.56. The third-order valence-corrected chi connectivity index (χ3v) is 5.83. The fourth-order valence-corrected chi connectivity index (χ4v) is 4.36. The zero-order chi connectivity index (χ0) is 15.3. The Bertz CT molecular complexity index is 537. The molecule has 0 aliphatic heterocycles. The van der Waals surface area contributed by atoms with Crippen molar-refractivity contribution in [3.05, 3.63) is 30.1 Å². The maximum atomic E-state index is 12.3. The summed E-state index contributed by atoms with van der Waals surface area (Å²) >= 11 is 0. The summed E-state index contributed by atoms with van der Waals surface area (Å²) in [5.41, 5.74) is 6.20. The molecule has 0 bridgehead atoms. The van der Waals surface area contributed by atoms with Crippen molar-refractivity contribution in [2.75, 3.05) is 12.3 Å². The molecule has 1 saturated carbocycles. The van der Waals surface area contributed by atoms with Gasteiger partial charge in [0, 0.05) is 30.4 Å². The van der Waals surface area contributed by atoms with E-state index in [0.717, 1.165) is 31.4 Å². The Hall–Kier alpha value is -0.980. The lowest BCUT2D eigenvalue weighted by Crippen LogP contribution is -2.55. The summed E-state index contributed by atoms with van der Waals surface area (Å²) in [5.74, 6) is 0.712. The molecule has 0 unspecified atom stereocenters. The standard InChI is InChI=1S/C15H25N3O2S/c1-13-5-8-15(12-16,9-6-13)18-21(19,20)11-7-14-4-2-3-10-17-14/h2-4,10,13,18H,5-9,11-12,16H2,1H3. The van der Waals surface area contributed by atoms with Crippen molar-refractivity contribution in [3.63, 3.8) is 0 Å². The van der Waals surface area contributed by atoms with Crippen LogP contribution in [0.25, 0.3) is 0 Å². The Balaban J connectivity index is 1.96. The van der Waals surface area contributed by atoms with E-state index in [1.165, 1.54) is 0 Å². The molecule has 5 nitrogen and oxygen atoms in total. The van der Waals surface area contributed by atoms with Gasteiger partial charge in [-0.15, -0.1) is 0 Å². The van der Waals surface area contributed by atoms with Crippen LogP contribution in [0.2, 0.25) is 0 Å². The Morgan fingerprint density at radius 1 is 1.38 bits per heavy atom. The highest BCUT2D eigenvalue weighted by atomic mass is 32.2. The fourth-order valence-electron chi connectivity index (χ4n) is 2.83. The van der Waals surface area contributed by atoms with Crippen LogP contribution in [0.4, 0.5) is 0 Å². The minimum atomic E-state index is -3.34. The molecule has 0 amide bonds. The van der Waals surface area contributed by atoms with E-state index in [4.69, 9.17) is 5.73 Å². The first-order valence-corrected chi connectivity index (χ1v) is 9.22. The molecule has 0 aromatic carbocycles. The van der Waals surface area contributed by atoms with Gasteiger partial charge in [0.25, 0.3) is 0 Å². The Morgan fingerprint density at radius 3 is 2.67 bits per heavy atom. The second kappa shape index (κ2) is 6.85.